The summed E-state index contributed by atoms with van der Waals surface area (Å²) in [6.45, 7) is 1.34. The van der Waals surface area contributed by atoms with Gasteiger partial charge in [-0.2, -0.15) is 0 Å². The molecule has 0 fully saturated rings. The van der Waals surface area contributed by atoms with Crippen molar-refractivity contribution in [2.24, 2.45) is 0 Å². The molecule has 4 N–H and O–H groups in total. The molecule has 21 heavy (non-hydrogen) atoms. The van der Waals surface area contributed by atoms with Gasteiger partial charge in [0.25, 0.3) is 0 Å². The zero-order chi connectivity index (χ0) is 16.3. The highest BCUT2D eigenvalue weighted by Crippen LogP contribution is 2.19. The van der Waals surface area contributed by atoms with E-state index >= 15 is 0 Å². The Morgan fingerprint density at radius 1 is 1.43 bits per heavy atom. The van der Waals surface area contributed by atoms with Gasteiger partial charge in [0.15, 0.2) is 0 Å². The van der Waals surface area contributed by atoms with Gasteiger partial charge < -0.3 is 15.5 Å². The van der Waals surface area contributed by atoms with Crippen LogP contribution in [0.1, 0.15) is 13.8 Å². The molecular formula is C12H17FN2O5S. The SMILES string of the molecule is CC(=O)Nc1ccc(S(=O)(=O)NCC(C)(O)CO)c(F)c1. The molecule has 1 atom stereocenters. The summed E-state index contributed by atoms with van der Waals surface area (Å²) < 4.78 is 39.7. The van der Waals surface area contributed by atoms with Crippen LogP contribution in [0.25, 0.3) is 0 Å². The minimum Gasteiger partial charge on any atom is -0.393 e. The van der Waals surface area contributed by atoms with Gasteiger partial charge >= 0.3 is 0 Å². The van der Waals surface area contributed by atoms with Gasteiger partial charge in [-0.25, -0.2) is 17.5 Å². The Balaban J connectivity index is 2.96. The molecule has 1 rings (SSSR count). The minimum atomic E-state index is -4.19. The zero-order valence-corrected chi connectivity index (χ0v) is 12.4. The van der Waals surface area contributed by atoms with E-state index in [4.69, 9.17) is 5.11 Å². The van der Waals surface area contributed by atoms with E-state index in [-0.39, 0.29) is 5.69 Å². The van der Waals surface area contributed by atoms with E-state index in [0.717, 1.165) is 12.1 Å². The lowest BCUT2D eigenvalue weighted by Crippen LogP contribution is -2.43. The highest BCUT2D eigenvalue weighted by atomic mass is 32.2. The average molecular weight is 320 g/mol. The van der Waals surface area contributed by atoms with Crippen molar-refractivity contribution in [2.45, 2.75) is 24.3 Å². The fourth-order valence-corrected chi connectivity index (χ4v) is 2.60. The van der Waals surface area contributed by atoms with Crippen molar-refractivity contribution in [3.63, 3.8) is 0 Å². The second-order valence-electron chi connectivity index (χ2n) is 4.81. The van der Waals surface area contributed by atoms with Crippen LogP contribution in [0.4, 0.5) is 10.1 Å². The number of hydrogen-bond donors (Lipinski definition) is 4. The lowest BCUT2D eigenvalue weighted by molar-refractivity contribution is -0.114. The van der Waals surface area contributed by atoms with Crippen molar-refractivity contribution >= 4 is 21.6 Å². The molecule has 7 nitrogen and oxygen atoms in total. The van der Waals surface area contributed by atoms with Crippen molar-refractivity contribution in [3.8, 4) is 0 Å². The Morgan fingerprint density at radius 2 is 2.05 bits per heavy atom. The van der Waals surface area contributed by atoms with Crippen LogP contribution in [0, 0.1) is 5.82 Å². The molecule has 0 aliphatic carbocycles. The normalized spacial score (nSPS) is 14.5. The van der Waals surface area contributed by atoms with Gasteiger partial charge in [0, 0.05) is 19.2 Å². The highest BCUT2D eigenvalue weighted by molar-refractivity contribution is 7.89. The minimum absolute atomic E-state index is 0.126. The lowest BCUT2D eigenvalue weighted by Gasteiger charge is -2.20. The summed E-state index contributed by atoms with van der Waals surface area (Å²) in [7, 11) is -4.19. The predicted octanol–water partition coefficient (Wildman–Crippen LogP) is -0.194. The van der Waals surface area contributed by atoms with Crippen LogP contribution in [-0.4, -0.2) is 43.3 Å². The third-order valence-corrected chi connectivity index (χ3v) is 3.96. The van der Waals surface area contributed by atoms with E-state index < -0.39 is 45.4 Å². The molecule has 0 aromatic heterocycles. The van der Waals surface area contributed by atoms with Crippen LogP contribution in [0.15, 0.2) is 23.1 Å². The summed E-state index contributed by atoms with van der Waals surface area (Å²) >= 11 is 0. The van der Waals surface area contributed by atoms with Gasteiger partial charge in [-0.15, -0.1) is 0 Å². The van der Waals surface area contributed by atoms with E-state index in [0.29, 0.717) is 0 Å². The van der Waals surface area contributed by atoms with Crippen LogP contribution in [0.3, 0.4) is 0 Å². The Hall–Kier alpha value is -1.55. The number of amides is 1. The fraction of sp³-hybridized carbons (Fsp3) is 0.417. The van der Waals surface area contributed by atoms with Crippen molar-refractivity contribution < 1.29 is 27.8 Å². The number of rotatable bonds is 6. The maximum Gasteiger partial charge on any atom is 0.243 e. The largest absolute Gasteiger partial charge is 0.393 e. The van der Waals surface area contributed by atoms with E-state index in [1.165, 1.54) is 19.9 Å². The zero-order valence-electron chi connectivity index (χ0n) is 11.6. The van der Waals surface area contributed by atoms with Crippen LogP contribution in [0.5, 0.6) is 0 Å². The second-order valence-corrected chi connectivity index (χ2v) is 6.54. The standard InChI is InChI=1S/C12H17FN2O5S/c1-8(17)15-9-3-4-11(10(13)5-9)21(19,20)14-6-12(2,18)7-16/h3-5,14,16,18H,6-7H2,1-2H3,(H,15,17). The van der Waals surface area contributed by atoms with Crippen LogP contribution in [-0.2, 0) is 14.8 Å². The summed E-state index contributed by atoms with van der Waals surface area (Å²) in [5, 5.41) is 20.7. The topological polar surface area (TPSA) is 116 Å². The van der Waals surface area contributed by atoms with Gasteiger partial charge in [-0.05, 0) is 25.1 Å². The molecule has 0 radical (unpaired) electrons. The summed E-state index contributed by atoms with van der Waals surface area (Å²) in [6.07, 6.45) is 0. The Bertz CT molecular complexity index is 631. The van der Waals surface area contributed by atoms with Crippen molar-refractivity contribution in [3.05, 3.63) is 24.0 Å². The molecule has 118 valence electrons. The first-order valence-electron chi connectivity index (χ1n) is 5.97. The quantitative estimate of drug-likeness (QED) is 0.579. The van der Waals surface area contributed by atoms with Gasteiger partial charge in [0.1, 0.15) is 10.7 Å². The van der Waals surface area contributed by atoms with Gasteiger partial charge in [0.2, 0.25) is 15.9 Å². The first-order valence-corrected chi connectivity index (χ1v) is 7.46. The maximum absolute atomic E-state index is 13.8. The number of nitrogens with one attached hydrogen (secondary N) is 2. The summed E-state index contributed by atoms with van der Waals surface area (Å²) in [5.41, 5.74) is -1.53. The third-order valence-electron chi connectivity index (χ3n) is 2.53. The first-order chi connectivity index (χ1) is 9.57. The second kappa shape index (κ2) is 6.48. The molecule has 1 aromatic carbocycles. The van der Waals surface area contributed by atoms with Crippen LogP contribution >= 0.6 is 0 Å². The number of carbonyl (C=O) groups is 1. The van der Waals surface area contributed by atoms with Crippen LogP contribution < -0.4 is 10.0 Å². The lowest BCUT2D eigenvalue weighted by atomic mass is 10.1. The molecule has 0 saturated carbocycles. The van der Waals surface area contributed by atoms with Crippen molar-refractivity contribution in [1.29, 1.82) is 0 Å². The molecule has 0 heterocycles. The van der Waals surface area contributed by atoms with Crippen LogP contribution in [0.2, 0.25) is 0 Å². The molecule has 1 unspecified atom stereocenters. The smallest absolute Gasteiger partial charge is 0.243 e. The Labute approximate surface area is 121 Å². The number of hydrogen-bond acceptors (Lipinski definition) is 5. The molecule has 9 heteroatoms. The van der Waals surface area contributed by atoms with Gasteiger partial charge in [-0.3, -0.25) is 4.79 Å². The molecule has 0 aliphatic heterocycles. The number of aliphatic hydroxyl groups excluding tert-OH is 1. The summed E-state index contributed by atoms with van der Waals surface area (Å²) in [6, 6.07) is 3.11. The van der Waals surface area contributed by atoms with Crippen molar-refractivity contribution in [2.75, 3.05) is 18.5 Å². The Kier molecular flexibility index (Phi) is 5.40. The maximum atomic E-state index is 13.8. The van der Waals surface area contributed by atoms with E-state index in [1.807, 2.05) is 4.72 Å². The van der Waals surface area contributed by atoms with Gasteiger partial charge in [-0.1, -0.05) is 0 Å². The summed E-state index contributed by atoms with van der Waals surface area (Å²) in [5.74, 6) is -1.46. The molecular weight excluding hydrogens is 303 g/mol. The summed E-state index contributed by atoms with van der Waals surface area (Å²) in [4.78, 5) is 10.2. The highest BCUT2D eigenvalue weighted by Gasteiger charge is 2.25. The fourth-order valence-electron chi connectivity index (χ4n) is 1.38. The van der Waals surface area contributed by atoms with E-state index in [9.17, 15) is 22.7 Å². The number of anilines is 1. The van der Waals surface area contributed by atoms with Crippen molar-refractivity contribution in [1.82, 2.24) is 4.72 Å². The molecule has 1 aromatic rings. The molecule has 0 spiro atoms. The number of sulfonamides is 1. The third kappa shape index (κ3) is 5.05. The average Bonchev–Trinajstić information content (AvgIpc) is 2.36. The monoisotopic (exact) mass is 320 g/mol. The predicted molar refractivity (Wildman–Crippen MR) is 73.6 cm³/mol. The molecule has 0 bridgehead atoms. The number of benzene rings is 1. The number of aliphatic hydroxyl groups is 2. The van der Waals surface area contributed by atoms with E-state index in [1.54, 1.807) is 0 Å². The Morgan fingerprint density at radius 3 is 2.52 bits per heavy atom. The number of carbonyl (C=O) groups excluding carboxylic acids is 1. The van der Waals surface area contributed by atoms with E-state index in [2.05, 4.69) is 5.32 Å². The molecule has 0 saturated heterocycles. The first kappa shape index (κ1) is 17.5. The molecule has 1 amide bonds. The number of halogens is 1. The molecule has 0 aliphatic rings. The van der Waals surface area contributed by atoms with Gasteiger partial charge in [0.05, 0.1) is 12.2 Å².